The zero-order valence-electron chi connectivity index (χ0n) is 41.6. The van der Waals surface area contributed by atoms with Crippen LogP contribution in [0.25, 0.3) is 0 Å². The Morgan fingerprint density at radius 3 is 0.951 bits per heavy atom. The van der Waals surface area contributed by atoms with Crippen LogP contribution in [-0.4, -0.2) is 46.1 Å². The summed E-state index contributed by atoms with van der Waals surface area (Å²) in [6.45, 7) is 4.22. The van der Waals surface area contributed by atoms with Crippen LogP contribution in [0.3, 0.4) is 0 Å². The molecular formula is C56H111NO4. The number of carbonyl (C=O) groups is 1. The molecule has 0 aliphatic heterocycles. The fourth-order valence-corrected chi connectivity index (χ4v) is 9.04. The quantitative estimate of drug-likeness (QED) is 0.0362. The Labute approximate surface area is 382 Å². The molecular weight excluding hydrogens is 751 g/mol. The highest BCUT2D eigenvalue weighted by Crippen LogP contribution is 2.18. The van der Waals surface area contributed by atoms with Crippen LogP contribution >= 0.6 is 0 Å². The van der Waals surface area contributed by atoms with Gasteiger partial charge in [-0.25, -0.2) is 0 Å². The van der Waals surface area contributed by atoms with E-state index in [0.717, 1.165) is 32.1 Å². The van der Waals surface area contributed by atoms with Crippen molar-refractivity contribution in [1.29, 1.82) is 0 Å². The molecule has 5 heteroatoms. The first kappa shape index (κ1) is 60.1. The number of hydrogen-bond donors (Lipinski definition) is 4. The zero-order valence-corrected chi connectivity index (χ0v) is 41.6. The first-order valence-corrected chi connectivity index (χ1v) is 28.0. The predicted octanol–water partition coefficient (Wildman–Crippen LogP) is 17.1. The summed E-state index contributed by atoms with van der Waals surface area (Å²) >= 11 is 0. The summed E-state index contributed by atoms with van der Waals surface area (Å²) < 4.78 is 0. The number of amides is 1. The van der Waals surface area contributed by atoms with Gasteiger partial charge in [-0.05, 0) is 38.5 Å². The van der Waals surface area contributed by atoms with Gasteiger partial charge in [0.2, 0.25) is 5.91 Å². The SMILES string of the molecule is CCCCCCCCCCCCCC/C=C\CCCCCCCCCCCCCCCCC(=O)NC(CO)C(O)C(O)CCCCCCCCCCCCCCCCCCC. The molecule has 0 saturated carbocycles. The lowest BCUT2D eigenvalue weighted by atomic mass is 9.99. The first-order valence-electron chi connectivity index (χ1n) is 28.0. The largest absolute Gasteiger partial charge is 0.394 e. The van der Waals surface area contributed by atoms with E-state index in [9.17, 15) is 20.1 Å². The molecule has 0 aromatic carbocycles. The maximum absolute atomic E-state index is 12.5. The van der Waals surface area contributed by atoms with Gasteiger partial charge in [0.15, 0.2) is 0 Å². The molecule has 0 aliphatic rings. The van der Waals surface area contributed by atoms with Crippen molar-refractivity contribution in [2.24, 2.45) is 0 Å². The maximum Gasteiger partial charge on any atom is 0.220 e. The minimum absolute atomic E-state index is 0.139. The summed E-state index contributed by atoms with van der Waals surface area (Å²) in [5.74, 6) is -0.139. The molecule has 0 saturated heterocycles. The molecule has 0 aromatic heterocycles. The van der Waals surface area contributed by atoms with Gasteiger partial charge in [0, 0.05) is 6.42 Å². The summed E-state index contributed by atoms with van der Waals surface area (Å²) in [6, 6.07) is -0.806. The Hall–Kier alpha value is -0.910. The van der Waals surface area contributed by atoms with Crippen LogP contribution in [0.4, 0.5) is 0 Å². The number of unbranched alkanes of at least 4 members (excludes halogenated alkanes) is 42. The molecule has 5 nitrogen and oxygen atoms in total. The highest BCUT2D eigenvalue weighted by atomic mass is 16.3. The van der Waals surface area contributed by atoms with E-state index in [0.29, 0.717) is 12.8 Å². The van der Waals surface area contributed by atoms with Gasteiger partial charge >= 0.3 is 0 Å². The van der Waals surface area contributed by atoms with Gasteiger partial charge in [-0.1, -0.05) is 283 Å². The lowest BCUT2D eigenvalue weighted by molar-refractivity contribution is -0.124. The summed E-state index contributed by atoms with van der Waals surface area (Å²) in [4.78, 5) is 12.5. The number of carbonyl (C=O) groups excluding carboxylic acids is 1. The average Bonchev–Trinajstić information content (AvgIpc) is 3.26. The van der Waals surface area contributed by atoms with E-state index in [2.05, 4.69) is 31.3 Å². The maximum atomic E-state index is 12.5. The summed E-state index contributed by atoms with van der Waals surface area (Å²) in [7, 11) is 0. The minimum atomic E-state index is -1.13. The standard InChI is InChI=1S/C56H111NO4/c1-3-5-7-9-11-13-15-17-19-21-22-23-24-25-26-27-28-29-30-31-32-33-35-37-39-41-43-45-47-49-51-55(60)57-53(52-58)56(61)54(59)50-48-46-44-42-40-38-36-34-20-18-16-14-12-10-8-6-4-2/h25-26,53-54,56,58-59,61H,3-24,27-52H2,1-2H3,(H,57,60)/b26-25-. The van der Waals surface area contributed by atoms with Gasteiger partial charge in [0.05, 0.1) is 18.8 Å². The van der Waals surface area contributed by atoms with Gasteiger partial charge in [-0.2, -0.15) is 0 Å². The van der Waals surface area contributed by atoms with E-state index < -0.39 is 18.2 Å². The van der Waals surface area contributed by atoms with Crippen molar-refractivity contribution in [3.63, 3.8) is 0 Å². The van der Waals surface area contributed by atoms with Crippen LogP contribution in [0.1, 0.15) is 316 Å². The van der Waals surface area contributed by atoms with Crippen LogP contribution in [0.15, 0.2) is 12.2 Å². The number of aliphatic hydroxyl groups is 3. The van der Waals surface area contributed by atoms with Gasteiger partial charge in [0.25, 0.3) is 0 Å². The highest BCUT2D eigenvalue weighted by molar-refractivity contribution is 5.76. The van der Waals surface area contributed by atoms with Gasteiger partial charge < -0.3 is 20.6 Å². The van der Waals surface area contributed by atoms with E-state index in [4.69, 9.17) is 0 Å². The third-order valence-corrected chi connectivity index (χ3v) is 13.4. The second kappa shape index (κ2) is 51.7. The minimum Gasteiger partial charge on any atom is -0.394 e. The van der Waals surface area contributed by atoms with E-state index in [1.807, 2.05) is 0 Å². The second-order valence-electron chi connectivity index (χ2n) is 19.5. The third-order valence-electron chi connectivity index (χ3n) is 13.4. The van der Waals surface area contributed by atoms with Crippen molar-refractivity contribution in [2.45, 2.75) is 334 Å². The smallest absolute Gasteiger partial charge is 0.220 e. The molecule has 4 N–H and O–H groups in total. The zero-order chi connectivity index (χ0) is 44.4. The second-order valence-corrected chi connectivity index (χ2v) is 19.5. The fourth-order valence-electron chi connectivity index (χ4n) is 9.04. The topological polar surface area (TPSA) is 89.8 Å². The van der Waals surface area contributed by atoms with E-state index >= 15 is 0 Å². The fraction of sp³-hybridized carbons (Fsp3) is 0.946. The monoisotopic (exact) mass is 862 g/mol. The number of nitrogens with one attached hydrogen (secondary N) is 1. The molecule has 0 bridgehead atoms. The van der Waals surface area contributed by atoms with Crippen LogP contribution in [0, 0.1) is 0 Å². The summed E-state index contributed by atoms with van der Waals surface area (Å²) in [6.07, 6.45) is 63.6. The third kappa shape index (κ3) is 46.9. The molecule has 0 radical (unpaired) electrons. The van der Waals surface area contributed by atoms with Crippen LogP contribution in [0.5, 0.6) is 0 Å². The molecule has 0 heterocycles. The molecule has 1 amide bonds. The average molecular weight is 863 g/mol. The molecule has 61 heavy (non-hydrogen) atoms. The Bertz CT molecular complexity index is 864. The molecule has 0 rings (SSSR count). The normalized spacial score (nSPS) is 13.3. The van der Waals surface area contributed by atoms with Crippen LogP contribution < -0.4 is 5.32 Å². The molecule has 0 spiro atoms. The van der Waals surface area contributed by atoms with Crippen LogP contribution in [-0.2, 0) is 4.79 Å². The Kier molecular flexibility index (Phi) is 51.0. The first-order chi connectivity index (χ1) is 30.1. The number of rotatable bonds is 52. The predicted molar refractivity (Wildman–Crippen MR) is 269 cm³/mol. The molecule has 0 aromatic rings. The van der Waals surface area contributed by atoms with E-state index in [1.165, 1.54) is 257 Å². The number of hydrogen-bond acceptors (Lipinski definition) is 4. The Morgan fingerprint density at radius 2 is 0.656 bits per heavy atom. The van der Waals surface area contributed by atoms with Gasteiger partial charge in [0.1, 0.15) is 6.10 Å². The van der Waals surface area contributed by atoms with E-state index in [-0.39, 0.29) is 12.5 Å². The molecule has 3 atom stereocenters. The lowest BCUT2D eigenvalue weighted by Crippen LogP contribution is -2.50. The lowest BCUT2D eigenvalue weighted by Gasteiger charge is -2.26. The Balaban J connectivity index is 3.49. The molecule has 364 valence electrons. The highest BCUT2D eigenvalue weighted by Gasteiger charge is 2.26. The summed E-state index contributed by atoms with van der Waals surface area (Å²) in [5.41, 5.74) is 0. The summed E-state index contributed by atoms with van der Waals surface area (Å²) in [5, 5.41) is 33.7. The van der Waals surface area contributed by atoms with Crippen molar-refractivity contribution >= 4 is 5.91 Å². The molecule has 0 aliphatic carbocycles. The number of allylic oxidation sites excluding steroid dienone is 2. The van der Waals surface area contributed by atoms with Gasteiger partial charge in [-0.3, -0.25) is 4.79 Å². The molecule has 0 fully saturated rings. The van der Waals surface area contributed by atoms with Crippen molar-refractivity contribution in [1.82, 2.24) is 5.32 Å². The number of aliphatic hydroxyl groups excluding tert-OH is 3. The van der Waals surface area contributed by atoms with Crippen molar-refractivity contribution in [3.8, 4) is 0 Å². The van der Waals surface area contributed by atoms with Crippen molar-refractivity contribution in [2.75, 3.05) is 6.61 Å². The molecule has 3 unspecified atom stereocenters. The van der Waals surface area contributed by atoms with Crippen molar-refractivity contribution in [3.05, 3.63) is 12.2 Å². The Morgan fingerprint density at radius 1 is 0.393 bits per heavy atom. The van der Waals surface area contributed by atoms with E-state index in [1.54, 1.807) is 0 Å². The van der Waals surface area contributed by atoms with Gasteiger partial charge in [-0.15, -0.1) is 0 Å². The van der Waals surface area contributed by atoms with Crippen molar-refractivity contribution < 1.29 is 20.1 Å². The van der Waals surface area contributed by atoms with Crippen LogP contribution in [0.2, 0.25) is 0 Å².